The molecule has 0 heterocycles. The molecule has 0 saturated heterocycles. The fourth-order valence-corrected chi connectivity index (χ4v) is 3.44. The van der Waals surface area contributed by atoms with Gasteiger partial charge in [-0.15, -0.1) is 0 Å². The van der Waals surface area contributed by atoms with E-state index in [0.717, 1.165) is 0 Å². The third-order valence-corrected chi connectivity index (χ3v) is 4.37. The smallest absolute Gasteiger partial charge is 0.307 e. The number of fused-ring (bicyclic) bond motifs is 2. The van der Waals surface area contributed by atoms with Crippen LogP contribution < -0.4 is 5.32 Å². The number of aliphatic carboxylic acids is 1. The average molecular weight is 302 g/mol. The van der Waals surface area contributed by atoms with Crippen molar-refractivity contribution in [3.63, 3.8) is 0 Å². The second-order valence-electron chi connectivity index (χ2n) is 5.63. The van der Waals surface area contributed by atoms with Crippen LogP contribution in [0.2, 0.25) is 0 Å². The van der Waals surface area contributed by atoms with Gasteiger partial charge in [0.25, 0.3) is 5.69 Å². The number of rotatable bonds is 4. The summed E-state index contributed by atoms with van der Waals surface area (Å²) in [5.41, 5.74) is 0.176. The minimum Gasteiger partial charge on any atom is -0.481 e. The number of hydrogen-bond donors (Lipinski definition) is 2. The lowest BCUT2D eigenvalue weighted by Crippen LogP contribution is -2.36. The Labute approximate surface area is 125 Å². The van der Waals surface area contributed by atoms with E-state index >= 15 is 0 Å². The zero-order chi connectivity index (χ0) is 15.9. The van der Waals surface area contributed by atoms with Crippen molar-refractivity contribution in [2.24, 2.45) is 23.7 Å². The number of allylic oxidation sites excluding steroid dienone is 2. The van der Waals surface area contributed by atoms with Crippen molar-refractivity contribution in [3.05, 3.63) is 46.5 Å². The van der Waals surface area contributed by atoms with Gasteiger partial charge in [0.15, 0.2) is 0 Å². The van der Waals surface area contributed by atoms with Gasteiger partial charge in [0, 0.05) is 17.8 Å². The van der Waals surface area contributed by atoms with Crippen molar-refractivity contribution in [2.75, 3.05) is 5.32 Å². The normalized spacial score (nSPS) is 28.5. The molecule has 1 fully saturated rings. The van der Waals surface area contributed by atoms with Crippen LogP contribution in [0.1, 0.15) is 6.42 Å². The third-order valence-electron chi connectivity index (χ3n) is 4.37. The number of amides is 1. The SMILES string of the molecule is O=C(Nc1cccc([N+](=O)[O-])c1)[C@@H]1C2C=CC(C2)[C@@H]1C(=O)O. The van der Waals surface area contributed by atoms with Gasteiger partial charge in [-0.1, -0.05) is 18.2 Å². The van der Waals surface area contributed by atoms with Gasteiger partial charge in [0.1, 0.15) is 0 Å². The largest absolute Gasteiger partial charge is 0.481 e. The minimum absolute atomic E-state index is 0.0789. The summed E-state index contributed by atoms with van der Waals surface area (Å²) in [4.78, 5) is 34.0. The van der Waals surface area contributed by atoms with E-state index in [0.29, 0.717) is 12.1 Å². The van der Waals surface area contributed by atoms with Crippen LogP contribution >= 0.6 is 0 Å². The molecule has 4 atom stereocenters. The number of carbonyl (C=O) groups is 2. The molecule has 2 bridgehead atoms. The van der Waals surface area contributed by atoms with Crippen LogP contribution in [-0.4, -0.2) is 21.9 Å². The molecular weight excluding hydrogens is 288 g/mol. The first-order valence-electron chi connectivity index (χ1n) is 6.94. The predicted molar refractivity (Wildman–Crippen MR) is 77.1 cm³/mol. The summed E-state index contributed by atoms with van der Waals surface area (Å²) in [6.45, 7) is 0. The molecular formula is C15H14N2O5. The number of carboxylic acids is 1. The van der Waals surface area contributed by atoms with Crippen molar-refractivity contribution in [1.29, 1.82) is 0 Å². The molecule has 1 aromatic rings. The van der Waals surface area contributed by atoms with Crippen LogP contribution in [0.5, 0.6) is 0 Å². The fourth-order valence-electron chi connectivity index (χ4n) is 3.44. The number of carboxylic acid groups (broad SMARTS) is 1. The van der Waals surface area contributed by atoms with Gasteiger partial charge in [0.2, 0.25) is 5.91 Å². The third kappa shape index (κ3) is 2.34. The van der Waals surface area contributed by atoms with Gasteiger partial charge in [-0.3, -0.25) is 19.7 Å². The average Bonchev–Trinajstić information content (AvgIpc) is 3.07. The summed E-state index contributed by atoms with van der Waals surface area (Å²) in [5, 5.41) is 22.7. The highest BCUT2D eigenvalue weighted by Gasteiger charge is 2.51. The van der Waals surface area contributed by atoms with E-state index in [2.05, 4.69) is 5.32 Å². The Balaban J connectivity index is 1.80. The van der Waals surface area contributed by atoms with Crippen LogP contribution in [0, 0.1) is 33.8 Å². The molecule has 2 aliphatic carbocycles. The number of nitrogens with one attached hydrogen (secondary N) is 1. The lowest BCUT2D eigenvalue weighted by Gasteiger charge is -2.23. The number of benzene rings is 1. The molecule has 1 aromatic carbocycles. The van der Waals surface area contributed by atoms with Crippen molar-refractivity contribution in [2.45, 2.75) is 6.42 Å². The zero-order valence-corrected chi connectivity index (χ0v) is 11.5. The Kier molecular flexibility index (Phi) is 3.40. The molecule has 0 aliphatic heterocycles. The lowest BCUT2D eigenvalue weighted by atomic mass is 9.82. The van der Waals surface area contributed by atoms with E-state index in [1.165, 1.54) is 18.2 Å². The number of non-ortho nitro benzene ring substituents is 1. The highest BCUT2D eigenvalue weighted by atomic mass is 16.6. The van der Waals surface area contributed by atoms with Gasteiger partial charge >= 0.3 is 5.97 Å². The van der Waals surface area contributed by atoms with Crippen molar-refractivity contribution in [1.82, 2.24) is 0 Å². The van der Waals surface area contributed by atoms with Gasteiger partial charge in [-0.2, -0.15) is 0 Å². The topological polar surface area (TPSA) is 110 Å². The Bertz CT molecular complexity index is 684. The van der Waals surface area contributed by atoms with Gasteiger partial charge in [-0.05, 0) is 24.3 Å². The number of anilines is 1. The minimum atomic E-state index is -0.976. The quantitative estimate of drug-likeness (QED) is 0.502. The first kappa shape index (κ1) is 14.2. The van der Waals surface area contributed by atoms with Crippen molar-refractivity contribution < 1.29 is 19.6 Å². The van der Waals surface area contributed by atoms with Crippen LogP contribution in [0.4, 0.5) is 11.4 Å². The second kappa shape index (κ2) is 5.25. The molecule has 7 nitrogen and oxygen atoms in total. The zero-order valence-electron chi connectivity index (χ0n) is 11.5. The number of nitro benzene ring substituents is 1. The van der Waals surface area contributed by atoms with Crippen LogP contribution in [0.25, 0.3) is 0 Å². The van der Waals surface area contributed by atoms with E-state index in [-0.39, 0.29) is 17.5 Å². The molecule has 2 unspecified atom stereocenters. The van der Waals surface area contributed by atoms with Crippen LogP contribution in [0.3, 0.4) is 0 Å². The second-order valence-corrected chi connectivity index (χ2v) is 5.63. The van der Waals surface area contributed by atoms with E-state index in [1.807, 2.05) is 12.2 Å². The highest BCUT2D eigenvalue weighted by Crippen LogP contribution is 2.48. The van der Waals surface area contributed by atoms with Gasteiger partial charge in [0.05, 0.1) is 16.8 Å². The summed E-state index contributed by atoms with van der Waals surface area (Å²) in [7, 11) is 0. The summed E-state index contributed by atoms with van der Waals surface area (Å²) in [6.07, 6.45) is 4.42. The lowest BCUT2D eigenvalue weighted by molar-refractivity contribution is -0.384. The first-order valence-corrected chi connectivity index (χ1v) is 6.94. The monoisotopic (exact) mass is 302 g/mol. The molecule has 0 aromatic heterocycles. The van der Waals surface area contributed by atoms with E-state index in [9.17, 15) is 24.8 Å². The standard InChI is InChI=1S/C15H14N2O5/c18-14(16-10-2-1-3-11(7-10)17(21)22)12-8-4-5-9(6-8)13(12)15(19)20/h1-5,7-9,12-13H,6H2,(H,16,18)(H,19,20)/t8?,9?,12-,13+/m1/s1. The molecule has 3 rings (SSSR count). The van der Waals surface area contributed by atoms with Crippen molar-refractivity contribution in [3.8, 4) is 0 Å². The molecule has 114 valence electrons. The fraction of sp³-hybridized carbons (Fsp3) is 0.333. The summed E-state index contributed by atoms with van der Waals surface area (Å²) < 4.78 is 0. The summed E-state index contributed by atoms with van der Waals surface area (Å²) in [5.74, 6) is -2.92. The molecule has 2 N–H and O–H groups in total. The summed E-state index contributed by atoms with van der Waals surface area (Å²) in [6, 6.07) is 5.61. The molecule has 7 heteroatoms. The number of nitrogens with zero attached hydrogens (tertiary/aromatic N) is 1. The number of hydrogen-bond acceptors (Lipinski definition) is 4. The van der Waals surface area contributed by atoms with E-state index < -0.39 is 28.6 Å². The van der Waals surface area contributed by atoms with Crippen LogP contribution in [0.15, 0.2) is 36.4 Å². The Morgan fingerprint density at radius 3 is 2.55 bits per heavy atom. The Hall–Kier alpha value is -2.70. The molecule has 0 radical (unpaired) electrons. The molecule has 2 aliphatic rings. The highest BCUT2D eigenvalue weighted by molar-refractivity contribution is 5.96. The summed E-state index contributed by atoms with van der Waals surface area (Å²) >= 11 is 0. The van der Waals surface area contributed by atoms with E-state index in [4.69, 9.17) is 0 Å². The van der Waals surface area contributed by atoms with Crippen molar-refractivity contribution >= 4 is 23.3 Å². The number of nitro groups is 1. The Morgan fingerprint density at radius 2 is 1.91 bits per heavy atom. The predicted octanol–water partition coefficient (Wildman–Crippen LogP) is 2.06. The molecule has 0 spiro atoms. The first-order chi connectivity index (χ1) is 10.5. The van der Waals surface area contributed by atoms with Gasteiger partial charge in [-0.25, -0.2) is 0 Å². The number of carbonyl (C=O) groups excluding carboxylic acids is 1. The van der Waals surface area contributed by atoms with Gasteiger partial charge < -0.3 is 10.4 Å². The maximum atomic E-state index is 12.4. The maximum Gasteiger partial charge on any atom is 0.307 e. The molecule has 1 saturated carbocycles. The Morgan fingerprint density at radius 1 is 1.23 bits per heavy atom. The molecule has 1 amide bonds. The maximum absolute atomic E-state index is 12.4. The van der Waals surface area contributed by atoms with Crippen LogP contribution in [-0.2, 0) is 9.59 Å². The molecule has 22 heavy (non-hydrogen) atoms. The van der Waals surface area contributed by atoms with E-state index in [1.54, 1.807) is 6.07 Å².